The van der Waals surface area contributed by atoms with Crippen LogP contribution in [-0.2, 0) is 13.6 Å². The Morgan fingerprint density at radius 2 is 2.00 bits per heavy atom. The molecule has 5 nitrogen and oxygen atoms in total. The van der Waals surface area contributed by atoms with Crippen molar-refractivity contribution >= 4 is 0 Å². The largest absolute Gasteiger partial charge is 0.494 e. The van der Waals surface area contributed by atoms with Gasteiger partial charge in [0.1, 0.15) is 5.75 Å². The van der Waals surface area contributed by atoms with Gasteiger partial charge in [0.2, 0.25) is 0 Å². The fourth-order valence-electron chi connectivity index (χ4n) is 2.02. The maximum absolute atomic E-state index is 11.9. The second kappa shape index (κ2) is 6.34. The van der Waals surface area contributed by atoms with E-state index in [-0.39, 0.29) is 5.56 Å². The molecular formula is C15H19N3O2. The number of benzene rings is 1. The van der Waals surface area contributed by atoms with Gasteiger partial charge in [-0.15, -0.1) is 0 Å². The Bertz CT molecular complexity index is 633. The van der Waals surface area contributed by atoms with Crippen LogP contribution in [0.3, 0.4) is 0 Å². The molecule has 0 unspecified atom stereocenters. The third-order valence-corrected chi connectivity index (χ3v) is 2.97. The quantitative estimate of drug-likeness (QED) is 0.898. The maximum Gasteiger partial charge on any atom is 0.271 e. The number of rotatable bonds is 5. The van der Waals surface area contributed by atoms with E-state index in [9.17, 15) is 4.79 Å². The van der Waals surface area contributed by atoms with Crippen molar-refractivity contribution in [2.45, 2.75) is 13.5 Å². The molecule has 106 valence electrons. The number of hydrogen-bond acceptors (Lipinski definition) is 4. The normalized spacial score (nSPS) is 10.6. The van der Waals surface area contributed by atoms with Gasteiger partial charge in [0, 0.05) is 24.7 Å². The third-order valence-electron chi connectivity index (χ3n) is 2.97. The first-order valence-electron chi connectivity index (χ1n) is 6.60. The number of nitrogens with one attached hydrogen (secondary N) is 1. The van der Waals surface area contributed by atoms with Crippen molar-refractivity contribution in [1.82, 2.24) is 15.1 Å². The lowest BCUT2D eigenvalue weighted by atomic mass is 10.1. The molecule has 0 bridgehead atoms. The van der Waals surface area contributed by atoms with Gasteiger partial charge in [0.05, 0.1) is 12.3 Å². The zero-order valence-corrected chi connectivity index (χ0v) is 12.0. The van der Waals surface area contributed by atoms with E-state index in [1.807, 2.05) is 44.3 Å². The first kappa shape index (κ1) is 14.3. The highest BCUT2D eigenvalue weighted by Gasteiger charge is 2.07. The average Bonchev–Trinajstić information content (AvgIpc) is 2.45. The fourth-order valence-corrected chi connectivity index (χ4v) is 2.02. The SMILES string of the molecule is CCOc1ccc(-c2cc(CNC)c(=O)n(C)n2)cc1. The van der Waals surface area contributed by atoms with Crippen molar-refractivity contribution in [3.8, 4) is 17.0 Å². The Morgan fingerprint density at radius 1 is 1.30 bits per heavy atom. The maximum atomic E-state index is 11.9. The fraction of sp³-hybridized carbons (Fsp3) is 0.333. The van der Waals surface area contributed by atoms with Gasteiger partial charge in [0.25, 0.3) is 5.56 Å². The first-order valence-corrected chi connectivity index (χ1v) is 6.60. The van der Waals surface area contributed by atoms with Crippen molar-refractivity contribution < 1.29 is 4.74 Å². The minimum absolute atomic E-state index is 0.0750. The van der Waals surface area contributed by atoms with Crippen LogP contribution in [0.4, 0.5) is 0 Å². The van der Waals surface area contributed by atoms with Crippen LogP contribution in [0, 0.1) is 0 Å². The number of hydrogen-bond donors (Lipinski definition) is 1. The molecule has 1 N–H and O–H groups in total. The standard InChI is InChI=1S/C15H19N3O2/c1-4-20-13-7-5-11(6-8-13)14-9-12(10-16-2)15(19)18(3)17-14/h5-9,16H,4,10H2,1-3H3. The molecule has 1 aromatic heterocycles. The van der Waals surface area contributed by atoms with Crippen LogP contribution in [0.5, 0.6) is 5.75 Å². The highest BCUT2D eigenvalue weighted by Crippen LogP contribution is 2.20. The molecule has 1 heterocycles. The van der Waals surface area contributed by atoms with Crippen LogP contribution in [0.15, 0.2) is 35.1 Å². The van der Waals surface area contributed by atoms with Crippen molar-refractivity contribution in [2.75, 3.05) is 13.7 Å². The van der Waals surface area contributed by atoms with E-state index < -0.39 is 0 Å². The van der Waals surface area contributed by atoms with Crippen LogP contribution < -0.4 is 15.6 Å². The molecule has 0 radical (unpaired) electrons. The summed E-state index contributed by atoms with van der Waals surface area (Å²) < 4.78 is 6.79. The third kappa shape index (κ3) is 3.05. The molecule has 2 aromatic rings. The smallest absolute Gasteiger partial charge is 0.271 e. The zero-order valence-electron chi connectivity index (χ0n) is 12.0. The number of nitrogens with zero attached hydrogens (tertiary/aromatic N) is 2. The Balaban J connectivity index is 2.39. The molecular weight excluding hydrogens is 254 g/mol. The van der Waals surface area contributed by atoms with Crippen LogP contribution in [-0.4, -0.2) is 23.4 Å². The molecule has 0 saturated carbocycles. The predicted molar refractivity (Wildman–Crippen MR) is 78.8 cm³/mol. The van der Waals surface area contributed by atoms with Gasteiger partial charge < -0.3 is 10.1 Å². The molecule has 0 aliphatic heterocycles. The van der Waals surface area contributed by atoms with Crippen molar-refractivity contribution in [2.24, 2.45) is 7.05 Å². The summed E-state index contributed by atoms with van der Waals surface area (Å²) in [5.74, 6) is 0.830. The van der Waals surface area contributed by atoms with E-state index in [0.29, 0.717) is 18.7 Å². The van der Waals surface area contributed by atoms with Gasteiger partial charge in [-0.1, -0.05) is 0 Å². The van der Waals surface area contributed by atoms with Crippen LogP contribution in [0.2, 0.25) is 0 Å². The Labute approximate surface area is 118 Å². The summed E-state index contributed by atoms with van der Waals surface area (Å²) in [6.45, 7) is 3.12. The molecule has 2 rings (SSSR count). The van der Waals surface area contributed by atoms with Crippen molar-refractivity contribution in [1.29, 1.82) is 0 Å². The van der Waals surface area contributed by atoms with Gasteiger partial charge in [-0.05, 0) is 44.3 Å². The summed E-state index contributed by atoms with van der Waals surface area (Å²) in [6.07, 6.45) is 0. The monoisotopic (exact) mass is 273 g/mol. The summed E-state index contributed by atoms with van der Waals surface area (Å²) in [5, 5.41) is 7.29. The highest BCUT2D eigenvalue weighted by molar-refractivity contribution is 5.60. The van der Waals surface area contributed by atoms with Crippen LogP contribution in [0.1, 0.15) is 12.5 Å². The Kier molecular flexibility index (Phi) is 4.53. The van der Waals surface area contributed by atoms with E-state index in [4.69, 9.17) is 4.74 Å². The predicted octanol–water partition coefficient (Wildman–Crippen LogP) is 1.57. The molecule has 20 heavy (non-hydrogen) atoms. The first-order chi connectivity index (χ1) is 9.65. The number of aromatic nitrogens is 2. The highest BCUT2D eigenvalue weighted by atomic mass is 16.5. The lowest BCUT2D eigenvalue weighted by Gasteiger charge is -2.08. The minimum Gasteiger partial charge on any atom is -0.494 e. The molecule has 0 amide bonds. The Hall–Kier alpha value is -2.14. The molecule has 0 saturated heterocycles. The minimum atomic E-state index is -0.0750. The molecule has 0 atom stereocenters. The molecule has 0 fully saturated rings. The Morgan fingerprint density at radius 3 is 2.60 bits per heavy atom. The van der Waals surface area contributed by atoms with E-state index in [0.717, 1.165) is 17.0 Å². The summed E-state index contributed by atoms with van der Waals surface area (Å²) >= 11 is 0. The van der Waals surface area contributed by atoms with E-state index in [1.54, 1.807) is 7.05 Å². The van der Waals surface area contributed by atoms with E-state index >= 15 is 0 Å². The van der Waals surface area contributed by atoms with Crippen molar-refractivity contribution in [3.05, 3.63) is 46.2 Å². The lowest BCUT2D eigenvalue weighted by molar-refractivity contribution is 0.340. The van der Waals surface area contributed by atoms with Crippen molar-refractivity contribution in [3.63, 3.8) is 0 Å². The molecule has 0 spiro atoms. The second-order valence-corrected chi connectivity index (χ2v) is 4.47. The second-order valence-electron chi connectivity index (χ2n) is 4.47. The summed E-state index contributed by atoms with van der Waals surface area (Å²) in [6, 6.07) is 9.53. The lowest BCUT2D eigenvalue weighted by Crippen LogP contribution is -2.26. The molecule has 0 aliphatic rings. The summed E-state index contributed by atoms with van der Waals surface area (Å²) in [4.78, 5) is 11.9. The average molecular weight is 273 g/mol. The van der Waals surface area contributed by atoms with Gasteiger partial charge in [-0.3, -0.25) is 4.79 Å². The molecule has 1 aromatic carbocycles. The van der Waals surface area contributed by atoms with E-state index in [1.165, 1.54) is 4.68 Å². The van der Waals surface area contributed by atoms with Gasteiger partial charge in [-0.25, -0.2) is 4.68 Å². The zero-order chi connectivity index (χ0) is 14.5. The van der Waals surface area contributed by atoms with Crippen LogP contribution in [0.25, 0.3) is 11.3 Å². The van der Waals surface area contributed by atoms with Gasteiger partial charge in [0.15, 0.2) is 0 Å². The summed E-state index contributed by atoms with van der Waals surface area (Å²) in [7, 11) is 3.48. The van der Waals surface area contributed by atoms with Gasteiger partial charge >= 0.3 is 0 Å². The van der Waals surface area contributed by atoms with Crippen LogP contribution >= 0.6 is 0 Å². The summed E-state index contributed by atoms with van der Waals surface area (Å²) in [5.41, 5.74) is 2.37. The molecule has 0 aliphatic carbocycles. The number of aryl methyl sites for hydroxylation is 1. The number of ether oxygens (including phenoxy) is 1. The van der Waals surface area contributed by atoms with Gasteiger partial charge in [-0.2, -0.15) is 5.10 Å². The van der Waals surface area contributed by atoms with E-state index in [2.05, 4.69) is 10.4 Å². The topological polar surface area (TPSA) is 56.1 Å². The molecule has 5 heteroatoms.